The highest BCUT2D eigenvalue weighted by Crippen LogP contribution is 2.38. The van der Waals surface area contributed by atoms with Gasteiger partial charge in [-0.25, -0.2) is 9.37 Å². The number of rotatable bonds is 14. The number of aliphatic hydroxyl groups excluding tert-OH is 1. The molecule has 0 aliphatic carbocycles. The van der Waals surface area contributed by atoms with Crippen LogP contribution in [0.2, 0.25) is 0 Å². The number of pyridine rings is 1. The number of aliphatic hydroxyl groups is 1. The Bertz CT molecular complexity index is 2800. The first-order valence-corrected chi connectivity index (χ1v) is 25.2. The van der Waals surface area contributed by atoms with E-state index < -0.39 is 75.9 Å². The van der Waals surface area contributed by atoms with Gasteiger partial charge in [-0.2, -0.15) is 13.2 Å². The van der Waals surface area contributed by atoms with Gasteiger partial charge in [0.2, 0.25) is 29.2 Å². The molecule has 5 amide bonds. The van der Waals surface area contributed by atoms with Gasteiger partial charge in [-0.1, -0.05) is 51.1 Å². The van der Waals surface area contributed by atoms with Crippen LogP contribution in [-0.2, 0) is 31.9 Å². The molecule has 5 N–H and O–H groups in total. The molecule has 16 nitrogen and oxygen atoms in total. The summed E-state index contributed by atoms with van der Waals surface area (Å²) in [5.41, 5.74) is 1.46. The first kappa shape index (κ1) is 54.3. The number of aryl methyl sites for hydroxylation is 1. The molecule has 7 rings (SSSR count). The third kappa shape index (κ3) is 12.8. The first-order valence-electron chi connectivity index (χ1n) is 24.3. The number of likely N-dealkylation sites (tertiary alicyclic amines) is 1. The highest BCUT2D eigenvalue weighted by molar-refractivity contribution is 7.13. The van der Waals surface area contributed by atoms with Crippen LogP contribution in [0.15, 0.2) is 65.0 Å². The van der Waals surface area contributed by atoms with Crippen molar-refractivity contribution in [2.24, 2.45) is 5.41 Å². The number of hydrogen-bond donors (Lipinski definition) is 5. The van der Waals surface area contributed by atoms with Gasteiger partial charge < -0.3 is 40.7 Å². The fraction of sp³-hybridized carbons (Fsp3) is 0.481. The van der Waals surface area contributed by atoms with Gasteiger partial charge >= 0.3 is 6.18 Å². The summed E-state index contributed by atoms with van der Waals surface area (Å²) in [6.07, 6.45) is -3.29. The zero-order chi connectivity index (χ0) is 53.1. The van der Waals surface area contributed by atoms with Crippen molar-refractivity contribution in [3.05, 3.63) is 104 Å². The summed E-state index contributed by atoms with van der Waals surface area (Å²) in [4.78, 5) is 94.3. The molecule has 1 unspecified atom stereocenters. The predicted molar refractivity (Wildman–Crippen MR) is 270 cm³/mol. The van der Waals surface area contributed by atoms with Gasteiger partial charge in [0, 0.05) is 88.4 Å². The van der Waals surface area contributed by atoms with Crippen LogP contribution >= 0.6 is 11.3 Å². The Morgan fingerprint density at radius 3 is 2.30 bits per heavy atom. The number of amides is 5. The quantitative estimate of drug-likeness (QED) is 0.0889. The number of nitrogens with zero attached hydrogens (tertiary/aromatic N) is 5. The number of aromatic amines is 1. The molecule has 2 saturated heterocycles. The smallest absolute Gasteiger partial charge is 0.391 e. The van der Waals surface area contributed by atoms with Crippen LogP contribution in [0, 0.1) is 18.2 Å². The predicted octanol–water partition coefficient (Wildman–Crippen LogP) is 6.34. The lowest BCUT2D eigenvalue weighted by atomic mass is 9.85. The molecular formula is C52H63F4N9O7S. The van der Waals surface area contributed by atoms with Gasteiger partial charge in [0.1, 0.15) is 17.9 Å². The van der Waals surface area contributed by atoms with Gasteiger partial charge in [-0.15, -0.1) is 11.3 Å². The number of hydrogen-bond acceptors (Lipinski definition) is 11. The zero-order valence-electron chi connectivity index (χ0n) is 42.0. The molecule has 3 aliphatic rings. The van der Waals surface area contributed by atoms with Crippen molar-refractivity contribution in [1.82, 2.24) is 35.3 Å². The van der Waals surface area contributed by atoms with Gasteiger partial charge in [-0.05, 0) is 74.9 Å². The van der Waals surface area contributed by atoms with Crippen LogP contribution in [0.25, 0.3) is 16.0 Å². The van der Waals surface area contributed by atoms with E-state index in [1.807, 2.05) is 57.0 Å². The molecule has 4 aromatic rings. The van der Waals surface area contributed by atoms with Crippen molar-refractivity contribution < 1.29 is 46.6 Å². The number of likely N-dealkylation sites (N-methyl/N-ethyl adjacent to an activating group) is 1. The van der Waals surface area contributed by atoms with E-state index in [1.54, 1.807) is 48.6 Å². The van der Waals surface area contributed by atoms with E-state index in [-0.39, 0.29) is 93.2 Å². The average Bonchev–Trinajstić information content (AvgIpc) is 3.96. The highest BCUT2D eigenvalue weighted by atomic mass is 32.1. The second kappa shape index (κ2) is 22.3. The molecule has 392 valence electrons. The van der Waals surface area contributed by atoms with E-state index in [4.69, 9.17) is 0 Å². The zero-order valence-corrected chi connectivity index (χ0v) is 42.8. The van der Waals surface area contributed by atoms with Crippen LogP contribution in [-0.4, -0.2) is 129 Å². The molecule has 5 heterocycles. The van der Waals surface area contributed by atoms with Crippen molar-refractivity contribution >= 4 is 57.8 Å². The maximum atomic E-state index is 16.2. The first-order chi connectivity index (χ1) is 34.4. The second-order valence-corrected chi connectivity index (χ2v) is 21.2. The molecule has 0 radical (unpaired) electrons. The van der Waals surface area contributed by atoms with Crippen molar-refractivity contribution in [3.8, 4) is 10.4 Å². The monoisotopic (exact) mass is 1030 g/mol. The fourth-order valence-electron chi connectivity index (χ4n) is 9.57. The van der Waals surface area contributed by atoms with Crippen LogP contribution in [0.5, 0.6) is 0 Å². The molecule has 3 aliphatic heterocycles. The number of piperazine rings is 1. The van der Waals surface area contributed by atoms with E-state index in [1.165, 1.54) is 17.0 Å². The summed E-state index contributed by atoms with van der Waals surface area (Å²) in [6, 6.07) is 8.70. The summed E-state index contributed by atoms with van der Waals surface area (Å²) in [5, 5.41) is 18.9. The average molecular weight is 1030 g/mol. The number of carbonyl (C=O) groups excluding carboxylic acids is 5. The number of thiazole rings is 1. The van der Waals surface area contributed by atoms with E-state index in [2.05, 4.69) is 30.8 Å². The molecule has 5 atom stereocenters. The lowest BCUT2D eigenvalue weighted by molar-refractivity contribution is -0.144. The maximum absolute atomic E-state index is 16.2. The van der Waals surface area contributed by atoms with Crippen LogP contribution in [0.4, 0.5) is 28.9 Å². The molecule has 21 heteroatoms. The molecule has 2 aromatic carbocycles. The summed E-state index contributed by atoms with van der Waals surface area (Å²) in [7, 11) is 1.96. The fourth-order valence-corrected chi connectivity index (χ4v) is 10.4. The number of H-pyrrole nitrogens is 1. The SMILES string of the molecule is Cc1ncsc1-c1ccc(CNC(=O)[C@@H]2C[C@@H](O)CN2C(=O)C(NC(=O)CCCC(=O)N2CC=C(c3cc(NC(=O)c4c[nH]c(=O)cc4C(F)(F)F)c(N4C[C@@H](C)N(C)[C@@H](C)C4)cc3F)CC2)C(C)(C)C)cc1. The minimum atomic E-state index is -5.01. The molecular weight excluding hydrogens is 971 g/mol. The normalized spacial score (nSPS) is 20.1. The standard InChI is InChI=1S/C52H63F4N9O7S/c1-29-25-64(26-30(2)62(29)7)41-22-39(53)36(20-40(41)60-48(70)37-24-57-44(68)21-38(37)52(54,55)56)33-15-17-63(18-16-33)45(69)10-8-9-43(67)61-47(51(4,5)6)50(72)65-27-35(66)19-42(65)49(71)58-23-32-11-13-34(14-12-32)46-31(3)59-28-73-46/h11-15,20-22,24,28-30,35,42,47,66H,8-10,16-19,23,25-27H2,1-7H3,(H,57,68)(H,58,71)(H,60,70)(H,61,67)/t29-,30+,35-,42+,47?/m1/s1. The summed E-state index contributed by atoms with van der Waals surface area (Å²) in [5.74, 6) is -3.46. The summed E-state index contributed by atoms with van der Waals surface area (Å²) >= 11 is 1.54. The molecule has 2 fully saturated rings. The van der Waals surface area contributed by atoms with Crippen LogP contribution < -0.4 is 26.4 Å². The van der Waals surface area contributed by atoms with Crippen molar-refractivity contribution in [2.45, 2.75) is 117 Å². The van der Waals surface area contributed by atoms with Crippen molar-refractivity contribution in [2.75, 3.05) is 50.0 Å². The molecule has 0 bridgehead atoms. The number of carbonyl (C=O) groups is 5. The van der Waals surface area contributed by atoms with Gasteiger partial charge in [0.25, 0.3) is 5.91 Å². The minimum absolute atomic E-state index is 0.00926. The molecule has 2 aromatic heterocycles. The second-order valence-electron chi connectivity index (χ2n) is 20.3. The number of benzene rings is 2. The topological polar surface area (TPSA) is 200 Å². The lowest BCUT2D eigenvalue weighted by Gasteiger charge is -2.44. The Morgan fingerprint density at radius 1 is 0.986 bits per heavy atom. The Kier molecular flexibility index (Phi) is 16.6. The molecule has 0 saturated carbocycles. The van der Waals surface area contributed by atoms with E-state index in [0.29, 0.717) is 30.9 Å². The van der Waals surface area contributed by atoms with Gasteiger partial charge in [0.15, 0.2) is 0 Å². The number of halogens is 4. The summed E-state index contributed by atoms with van der Waals surface area (Å²) < 4.78 is 58.2. The Hall–Kier alpha value is -6.45. The Labute approximate surface area is 425 Å². The van der Waals surface area contributed by atoms with Crippen molar-refractivity contribution in [3.63, 3.8) is 0 Å². The highest BCUT2D eigenvalue weighted by Gasteiger charge is 2.45. The van der Waals surface area contributed by atoms with E-state index >= 15 is 4.39 Å². The number of aromatic nitrogens is 2. The number of β-amino-alcohol motifs (C(OH)–C–C–N with tert-alkyl or cyclic N) is 1. The largest absolute Gasteiger partial charge is 0.417 e. The number of nitrogens with one attached hydrogen (secondary N) is 4. The molecule has 0 spiro atoms. The summed E-state index contributed by atoms with van der Waals surface area (Å²) in [6.45, 7) is 12.5. The Balaban J connectivity index is 0.961. The minimum Gasteiger partial charge on any atom is -0.391 e. The van der Waals surface area contributed by atoms with E-state index in [9.17, 15) is 47.0 Å². The van der Waals surface area contributed by atoms with Crippen LogP contribution in [0.3, 0.4) is 0 Å². The van der Waals surface area contributed by atoms with Gasteiger partial charge in [0.05, 0.1) is 44.7 Å². The maximum Gasteiger partial charge on any atom is 0.417 e. The molecule has 73 heavy (non-hydrogen) atoms. The van der Waals surface area contributed by atoms with Crippen molar-refractivity contribution in [1.29, 1.82) is 0 Å². The Morgan fingerprint density at radius 2 is 1.68 bits per heavy atom. The van der Waals surface area contributed by atoms with E-state index in [0.717, 1.165) is 21.7 Å². The lowest BCUT2D eigenvalue weighted by Crippen LogP contribution is -2.57. The third-order valence-electron chi connectivity index (χ3n) is 13.9. The number of anilines is 2. The number of alkyl halides is 3. The van der Waals surface area contributed by atoms with Gasteiger partial charge in [-0.3, -0.25) is 33.7 Å². The van der Waals surface area contributed by atoms with Crippen LogP contribution in [0.1, 0.15) is 99.5 Å². The third-order valence-corrected chi connectivity index (χ3v) is 14.9.